The maximum absolute atomic E-state index is 6.07. The van der Waals surface area contributed by atoms with Gasteiger partial charge in [0.2, 0.25) is 0 Å². The van der Waals surface area contributed by atoms with Crippen LogP contribution in [0.3, 0.4) is 0 Å². The molecule has 0 bridgehead atoms. The molecular formula is C16H20ClN3O. The molecule has 0 aliphatic heterocycles. The Bertz CT molecular complexity index is 587. The summed E-state index contributed by atoms with van der Waals surface area (Å²) in [4.78, 5) is 10.7. The van der Waals surface area contributed by atoms with Crippen molar-refractivity contribution in [1.82, 2.24) is 9.97 Å². The van der Waals surface area contributed by atoms with Crippen LogP contribution < -0.4 is 4.90 Å². The Morgan fingerprint density at radius 2 is 1.86 bits per heavy atom. The molecule has 112 valence electrons. The number of anilines is 2. The summed E-state index contributed by atoms with van der Waals surface area (Å²) in [5, 5.41) is 0.423. The van der Waals surface area contributed by atoms with Gasteiger partial charge in [-0.1, -0.05) is 30.7 Å². The first-order valence-corrected chi connectivity index (χ1v) is 7.45. The van der Waals surface area contributed by atoms with E-state index in [0.29, 0.717) is 24.2 Å². The van der Waals surface area contributed by atoms with Gasteiger partial charge in [0.05, 0.1) is 0 Å². The highest BCUT2D eigenvalue weighted by Gasteiger charge is 2.09. The van der Waals surface area contributed by atoms with Gasteiger partial charge in [0.25, 0.3) is 0 Å². The highest BCUT2D eigenvalue weighted by molar-refractivity contribution is 6.29. The third-order valence-electron chi connectivity index (χ3n) is 3.24. The number of ether oxygens (including phenoxy) is 1. The molecule has 0 radical (unpaired) electrons. The van der Waals surface area contributed by atoms with E-state index in [-0.39, 0.29) is 0 Å². The van der Waals surface area contributed by atoms with Crippen LogP contribution in [0.25, 0.3) is 0 Å². The molecule has 0 amide bonds. The summed E-state index contributed by atoms with van der Waals surface area (Å²) >= 11 is 6.07. The summed E-state index contributed by atoms with van der Waals surface area (Å²) in [6, 6.07) is 10.2. The Kier molecular flexibility index (Phi) is 5.53. The number of aromatic nitrogens is 2. The Hall–Kier alpha value is -1.65. The number of rotatable bonds is 6. The van der Waals surface area contributed by atoms with Crippen molar-refractivity contribution in [1.29, 1.82) is 0 Å². The van der Waals surface area contributed by atoms with Crippen LogP contribution in [0.2, 0.25) is 5.15 Å². The smallest absolute Gasteiger partial charge is 0.158 e. The monoisotopic (exact) mass is 305 g/mol. The summed E-state index contributed by atoms with van der Waals surface area (Å²) in [6.07, 6.45) is 1.03. The lowest BCUT2D eigenvalue weighted by Gasteiger charge is -2.19. The van der Waals surface area contributed by atoms with Crippen LogP contribution in [-0.2, 0) is 17.8 Å². The van der Waals surface area contributed by atoms with Crippen LogP contribution in [-0.4, -0.2) is 23.6 Å². The second kappa shape index (κ2) is 7.38. The third kappa shape index (κ3) is 4.16. The highest BCUT2D eigenvalue weighted by Crippen LogP contribution is 2.24. The van der Waals surface area contributed by atoms with Gasteiger partial charge in [-0.2, -0.15) is 0 Å². The van der Waals surface area contributed by atoms with Crippen molar-refractivity contribution in [3.8, 4) is 0 Å². The molecule has 2 rings (SSSR count). The van der Waals surface area contributed by atoms with Gasteiger partial charge in [0.1, 0.15) is 17.6 Å². The minimum absolute atomic E-state index is 0.368. The summed E-state index contributed by atoms with van der Waals surface area (Å²) < 4.78 is 5.34. The molecule has 0 fully saturated rings. The van der Waals surface area contributed by atoms with Crippen LogP contribution >= 0.6 is 11.6 Å². The molecule has 0 atom stereocenters. The molecule has 1 aromatic carbocycles. The van der Waals surface area contributed by atoms with Crippen molar-refractivity contribution in [3.63, 3.8) is 0 Å². The molecule has 0 saturated carbocycles. The Morgan fingerprint density at radius 3 is 2.48 bits per heavy atom. The fourth-order valence-electron chi connectivity index (χ4n) is 1.97. The number of aryl methyl sites for hydroxylation is 1. The molecule has 5 heteroatoms. The van der Waals surface area contributed by atoms with Crippen LogP contribution in [0.4, 0.5) is 11.5 Å². The number of hydrogen-bond donors (Lipinski definition) is 0. The molecule has 1 heterocycles. The first kappa shape index (κ1) is 15.7. The van der Waals surface area contributed by atoms with Gasteiger partial charge >= 0.3 is 0 Å². The highest BCUT2D eigenvalue weighted by atomic mass is 35.5. The zero-order valence-electron chi connectivity index (χ0n) is 12.6. The molecule has 0 aliphatic rings. The second-order valence-corrected chi connectivity index (χ2v) is 5.07. The molecule has 1 aromatic heterocycles. The van der Waals surface area contributed by atoms with E-state index in [1.54, 1.807) is 6.07 Å². The molecule has 0 spiro atoms. The molecule has 0 N–H and O–H groups in total. The molecule has 0 saturated heterocycles. The van der Waals surface area contributed by atoms with Crippen molar-refractivity contribution in [2.45, 2.75) is 26.9 Å². The standard InChI is InChI=1S/C16H20ClN3O/c1-4-12-6-8-13(9-7-12)20(3)16-10-14(17)18-15(19-16)11-21-5-2/h6-10H,4-5,11H2,1-3H3. The SMILES string of the molecule is CCOCc1nc(Cl)cc(N(C)c2ccc(CC)cc2)n1. The molecular weight excluding hydrogens is 286 g/mol. The number of hydrogen-bond acceptors (Lipinski definition) is 4. The van der Waals surface area contributed by atoms with E-state index < -0.39 is 0 Å². The minimum atomic E-state index is 0.368. The average molecular weight is 306 g/mol. The molecule has 4 nitrogen and oxygen atoms in total. The van der Waals surface area contributed by atoms with Crippen molar-refractivity contribution >= 4 is 23.1 Å². The summed E-state index contributed by atoms with van der Waals surface area (Å²) in [5.74, 6) is 1.35. The lowest BCUT2D eigenvalue weighted by Crippen LogP contribution is -2.13. The normalized spacial score (nSPS) is 10.7. The Balaban J connectivity index is 2.24. The van der Waals surface area contributed by atoms with Gasteiger partial charge in [0, 0.05) is 25.4 Å². The van der Waals surface area contributed by atoms with Crippen LogP contribution in [0.1, 0.15) is 25.2 Å². The van der Waals surface area contributed by atoms with Crippen molar-refractivity contribution in [2.24, 2.45) is 0 Å². The van der Waals surface area contributed by atoms with Gasteiger partial charge in [-0.05, 0) is 31.0 Å². The van der Waals surface area contributed by atoms with Crippen molar-refractivity contribution < 1.29 is 4.74 Å². The molecule has 0 unspecified atom stereocenters. The van der Waals surface area contributed by atoms with Gasteiger partial charge in [-0.25, -0.2) is 9.97 Å². The number of halogens is 1. The van der Waals surface area contributed by atoms with Crippen molar-refractivity contribution in [3.05, 3.63) is 46.9 Å². The average Bonchev–Trinajstić information content (AvgIpc) is 2.51. The van der Waals surface area contributed by atoms with E-state index in [4.69, 9.17) is 16.3 Å². The zero-order chi connectivity index (χ0) is 15.2. The Labute approximate surface area is 130 Å². The first-order chi connectivity index (χ1) is 10.1. The van der Waals surface area contributed by atoms with E-state index >= 15 is 0 Å². The molecule has 21 heavy (non-hydrogen) atoms. The number of benzene rings is 1. The van der Waals surface area contributed by atoms with Gasteiger partial charge in [0.15, 0.2) is 5.82 Å². The quantitative estimate of drug-likeness (QED) is 0.756. The topological polar surface area (TPSA) is 38.2 Å². The molecule has 2 aromatic rings. The third-order valence-corrected chi connectivity index (χ3v) is 3.43. The largest absolute Gasteiger partial charge is 0.374 e. The second-order valence-electron chi connectivity index (χ2n) is 4.68. The van der Waals surface area contributed by atoms with Crippen molar-refractivity contribution in [2.75, 3.05) is 18.6 Å². The van der Waals surface area contributed by atoms with E-state index in [2.05, 4.69) is 41.2 Å². The predicted molar refractivity (Wildman–Crippen MR) is 86.3 cm³/mol. The van der Waals surface area contributed by atoms with Gasteiger partial charge in [-0.15, -0.1) is 0 Å². The van der Waals surface area contributed by atoms with Crippen LogP contribution in [0.5, 0.6) is 0 Å². The fraction of sp³-hybridized carbons (Fsp3) is 0.375. The lowest BCUT2D eigenvalue weighted by molar-refractivity contribution is 0.128. The zero-order valence-corrected chi connectivity index (χ0v) is 13.4. The number of nitrogens with zero attached hydrogens (tertiary/aromatic N) is 3. The maximum Gasteiger partial charge on any atom is 0.158 e. The van der Waals surface area contributed by atoms with Crippen LogP contribution in [0, 0.1) is 0 Å². The van der Waals surface area contributed by atoms with Gasteiger partial charge < -0.3 is 9.64 Å². The molecule has 0 aliphatic carbocycles. The summed E-state index contributed by atoms with van der Waals surface area (Å²) in [6.45, 7) is 5.07. The first-order valence-electron chi connectivity index (χ1n) is 7.08. The van der Waals surface area contributed by atoms with E-state index in [1.807, 2.05) is 18.9 Å². The lowest BCUT2D eigenvalue weighted by atomic mass is 10.1. The maximum atomic E-state index is 6.07. The summed E-state index contributed by atoms with van der Waals surface area (Å²) in [7, 11) is 1.96. The Morgan fingerprint density at radius 1 is 1.14 bits per heavy atom. The predicted octanol–water partition coefficient (Wildman–Crippen LogP) is 4.00. The van der Waals surface area contributed by atoms with E-state index in [0.717, 1.165) is 17.9 Å². The van der Waals surface area contributed by atoms with Crippen LogP contribution in [0.15, 0.2) is 30.3 Å². The summed E-state index contributed by atoms with van der Waals surface area (Å²) in [5.41, 5.74) is 2.37. The minimum Gasteiger partial charge on any atom is -0.374 e. The van der Waals surface area contributed by atoms with Gasteiger partial charge in [-0.3, -0.25) is 0 Å². The van der Waals surface area contributed by atoms with E-state index in [9.17, 15) is 0 Å². The fourth-order valence-corrected chi connectivity index (χ4v) is 2.16. The van der Waals surface area contributed by atoms with E-state index in [1.165, 1.54) is 5.56 Å².